The highest BCUT2D eigenvalue weighted by molar-refractivity contribution is 8.01. The van der Waals surface area contributed by atoms with E-state index < -0.39 is 51.9 Å². The number of thioether (sulfide) groups is 1. The van der Waals surface area contributed by atoms with Crippen molar-refractivity contribution < 1.29 is 24.3 Å². The van der Waals surface area contributed by atoms with Crippen LogP contribution in [0.5, 0.6) is 0 Å². The molecule has 4 N–H and O–H groups in total. The fourth-order valence-electron chi connectivity index (χ4n) is 4.56. The number of hydrogen-bond acceptors (Lipinski definition) is 6. The fourth-order valence-corrected chi connectivity index (χ4v) is 6.19. The van der Waals surface area contributed by atoms with E-state index in [0.717, 1.165) is 0 Å². The minimum absolute atomic E-state index is 0.266. The summed E-state index contributed by atoms with van der Waals surface area (Å²) < 4.78 is -0.706. The Morgan fingerprint density at radius 3 is 2.35 bits per heavy atom. The van der Waals surface area contributed by atoms with Crippen molar-refractivity contribution in [1.82, 2.24) is 15.1 Å². The third-order valence-electron chi connectivity index (χ3n) is 6.24. The Hall–Kier alpha value is -3.53. The van der Waals surface area contributed by atoms with E-state index in [9.17, 15) is 24.3 Å². The van der Waals surface area contributed by atoms with E-state index in [-0.39, 0.29) is 5.56 Å². The first-order chi connectivity index (χ1) is 16.0. The van der Waals surface area contributed by atoms with Gasteiger partial charge in [-0.15, -0.1) is 11.8 Å². The van der Waals surface area contributed by atoms with Crippen molar-refractivity contribution in [3.05, 3.63) is 65.7 Å². The van der Waals surface area contributed by atoms with Gasteiger partial charge in [0.2, 0.25) is 11.8 Å². The van der Waals surface area contributed by atoms with Crippen LogP contribution in [0.15, 0.2) is 54.6 Å². The summed E-state index contributed by atoms with van der Waals surface area (Å²) >= 11 is 1.34. The van der Waals surface area contributed by atoms with Crippen LogP contribution in [0, 0.1) is 0 Å². The van der Waals surface area contributed by atoms with Crippen LogP contribution in [0.4, 0.5) is 5.69 Å². The maximum Gasteiger partial charge on any atom is 0.327 e. The number of carbonyl (C=O) groups is 4. The van der Waals surface area contributed by atoms with Gasteiger partial charge in [-0.1, -0.05) is 42.5 Å². The van der Waals surface area contributed by atoms with E-state index in [1.165, 1.54) is 28.6 Å². The SMILES string of the molecule is CN(C(=O)c1ccccc1N)C(C(=O)N[C@@H]1C(=O)N2[C@@H]1SC(C)(C)[C@@H]2C(=O)O)c1ccccc1. The number of carboxylic acids is 1. The largest absolute Gasteiger partial charge is 0.480 e. The number of rotatable bonds is 6. The van der Waals surface area contributed by atoms with Crippen LogP contribution in [0.3, 0.4) is 0 Å². The van der Waals surface area contributed by atoms with E-state index >= 15 is 0 Å². The van der Waals surface area contributed by atoms with Crippen molar-refractivity contribution in [2.45, 2.75) is 42.1 Å². The first kappa shape index (κ1) is 23.6. The Balaban J connectivity index is 1.60. The molecule has 2 saturated heterocycles. The van der Waals surface area contributed by atoms with Crippen LogP contribution >= 0.6 is 11.8 Å². The van der Waals surface area contributed by atoms with Gasteiger partial charge in [-0.2, -0.15) is 0 Å². The summed E-state index contributed by atoms with van der Waals surface area (Å²) in [4.78, 5) is 53.9. The summed E-state index contributed by atoms with van der Waals surface area (Å²) in [5.41, 5.74) is 7.10. The fraction of sp³-hybridized carbons (Fsp3) is 0.333. The third kappa shape index (κ3) is 3.87. The molecule has 0 saturated carbocycles. The maximum absolute atomic E-state index is 13.5. The van der Waals surface area contributed by atoms with Gasteiger partial charge in [-0.05, 0) is 31.5 Å². The van der Waals surface area contributed by atoms with Gasteiger partial charge in [0.25, 0.3) is 5.91 Å². The van der Waals surface area contributed by atoms with Gasteiger partial charge in [0.05, 0.1) is 5.56 Å². The molecule has 178 valence electrons. The van der Waals surface area contributed by atoms with Crippen molar-refractivity contribution in [1.29, 1.82) is 0 Å². The van der Waals surface area contributed by atoms with Crippen molar-refractivity contribution in [3.8, 4) is 0 Å². The predicted molar refractivity (Wildman–Crippen MR) is 128 cm³/mol. The maximum atomic E-state index is 13.5. The molecule has 10 heteroatoms. The monoisotopic (exact) mass is 482 g/mol. The lowest BCUT2D eigenvalue weighted by molar-refractivity contribution is -0.161. The van der Waals surface area contributed by atoms with Crippen LogP contribution in [0.2, 0.25) is 0 Å². The number of amides is 3. The van der Waals surface area contributed by atoms with Gasteiger partial charge in [0.15, 0.2) is 0 Å². The number of β-lactam (4-membered cyclic amide) rings is 1. The minimum atomic E-state index is -1.08. The number of nitrogen functional groups attached to an aromatic ring is 1. The number of nitrogens with zero attached hydrogens (tertiary/aromatic N) is 2. The molecular formula is C24H26N4O5S. The first-order valence-corrected chi connectivity index (χ1v) is 11.6. The lowest BCUT2D eigenvalue weighted by Gasteiger charge is -2.44. The zero-order chi connectivity index (χ0) is 24.8. The number of nitrogens with one attached hydrogen (secondary N) is 1. The number of likely N-dealkylation sites (N-methyl/N-ethyl adjacent to an activating group) is 1. The van der Waals surface area contributed by atoms with E-state index in [4.69, 9.17) is 5.73 Å². The van der Waals surface area contributed by atoms with E-state index in [0.29, 0.717) is 11.3 Å². The molecular weight excluding hydrogens is 456 g/mol. The summed E-state index contributed by atoms with van der Waals surface area (Å²) in [5, 5.41) is 11.9. The molecule has 3 amide bonds. The number of aliphatic carboxylic acids is 1. The molecule has 4 rings (SSSR count). The number of anilines is 1. The molecule has 2 aliphatic heterocycles. The van der Waals surface area contributed by atoms with E-state index in [1.807, 2.05) is 0 Å². The van der Waals surface area contributed by atoms with Crippen molar-refractivity contribution in [2.24, 2.45) is 0 Å². The molecule has 0 radical (unpaired) electrons. The summed E-state index contributed by atoms with van der Waals surface area (Å²) in [7, 11) is 1.51. The zero-order valence-electron chi connectivity index (χ0n) is 19.0. The van der Waals surface area contributed by atoms with Crippen LogP contribution in [-0.2, 0) is 14.4 Å². The highest BCUT2D eigenvalue weighted by atomic mass is 32.2. The molecule has 0 spiro atoms. The quantitative estimate of drug-likeness (QED) is 0.422. The number of benzene rings is 2. The number of fused-ring (bicyclic) bond motifs is 1. The van der Waals surface area contributed by atoms with Gasteiger partial charge >= 0.3 is 5.97 Å². The molecule has 9 nitrogen and oxygen atoms in total. The Morgan fingerprint density at radius 1 is 1.12 bits per heavy atom. The van der Waals surface area contributed by atoms with Crippen LogP contribution in [0.25, 0.3) is 0 Å². The molecule has 4 atom stereocenters. The van der Waals surface area contributed by atoms with Crippen molar-refractivity contribution >= 4 is 41.1 Å². The highest BCUT2D eigenvalue weighted by Gasteiger charge is 2.64. The first-order valence-electron chi connectivity index (χ1n) is 10.7. The Morgan fingerprint density at radius 2 is 1.74 bits per heavy atom. The lowest BCUT2D eigenvalue weighted by Crippen LogP contribution is -2.71. The smallest absolute Gasteiger partial charge is 0.327 e. The molecule has 2 aromatic carbocycles. The second-order valence-corrected chi connectivity index (χ2v) is 10.7. The Labute approximate surface area is 201 Å². The summed E-state index contributed by atoms with van der Waals surface area (Å²) in [6.45, 7) is 3.54. The van der Waals surface area contributed by atoms with Crippen molar-refractivity contribution in [3.63, 3.8) is 0 Å². The topological polar surface area (TPSA) is 133 Å². The number of para-hydroxylation sites is 1. The van der Waals surface area contributed by atoms with Crippen LogP contribution < -0.4 is 11.1 Å². The van der Waals surface area contributed by atoms with Gasteiger partial charge in [0, 0.05) is 17.5 Å². The number of hydrogen-bond donors (Lipinski definition) is 3. The van der Waals surface area contributed by atoms with E-state index in [1.54, 1.807) is 68.4 Å². The summed E-state index contributed by atoms with van der Waals surface area (Å²) in [6.07, 6.45) is 0. The third-order valence-corrected chi connectivity index (χ3v) is 7.81. The van der Waals surface area contributed by atoms with Crippen molar-refractivity contribution in [2.75, 3.05) is 12.8 Å². The standard InChI is InChI=1S/C24H26N4O5S/c1-24(2)18(23(32)33)28-21(31)16(22(28)34-24)26-19(29)17(13-9-5-4-6-10-13)27(3)20(30)14-11-7-8-12-15(14)25/h4-12,16-18,22H,25H2,1-3H3,(H,26,29)(H,32,33)/t16-,17?,18+,22-/m1/s1. The van der Waals surface area contributed by atoms with Gasteiger partial charge < -0.3 is 26.0 Å². The Bertz CT molecular complexity index is 1160. The average Bonchev–Trinajstić information content (AvgIpc) is 3.06. The molecule has 0 bridgehead atoms. The van der Waals surface area contributed by atoms with Gasteiger partial charge in [-0.25, -0.2) is 4.79 Å². The second kappa shape index (κ2) is 8.68. The molecule has 2 heterocycles. The van der Waals surface area contributed by atoms with Gasteiger partial charge in [0.1, 0.15) is 23.5 Å². The lowest BCUT2D eigenvalue weighted by atomic mass is 9.95. The van der Waals surface area contributed by atoms with Crippen LogP contribution in [0.1, 0.15) is 35.8 Å². The predicted octanol–water partition coefficient (Wildman–Crippen LogP) is 1.71. The molecule has 2 fully saturated rings. The average molecular weight is 483 g/mol. The number of nitrogens with two attached hydrogens (primary N) is 1. The highest BCUT2D eigenvalue weighted by Crippen LogP contribution is 2.50. The minimum Gasteiger partial charge on any atom is -0.480 e. The van der Waals surface area contributed by atoms with E-state index in [2.05, 4.69) is 5.32 Å². The summed E-state index contributed by atoms with van der Waals surface area (Å²) in [6, 6.07) is 12.5. The summed E-state index contributed by atoms with van der Waals surface area (Å²) in [5.74, 6) is -2.50. The molecule has 2 aliphatic rings. The molecule has 0 aliphatic carbocycles. The number of carboxylic acid groups (broad SMARTS) is 1. The molecule has 1 unspecified atom stereocenters. The molecule has 2 aromatic rings. The zero-order valence-corrected chi connectivity index (χ0v) is 19.8. The number of carbonyl (C=O) groups excluding carboxylic acids is 3. The van der Waals surface area contributed by atoms with Gasteiger partial charge in [-0.3, -0.25) is 14.4 Å². The normalized spacial score (nSPS) is 23.4. The van der Waals surface area contributed by atoms with Crippen LogP contribution in [-0.4, -0.2) is 67.8 Å². The Kier molecular flexibility index (Phi) is 6.03. The molecule has 0 aromatic heterocycles. The second-order valence-electron chi connectivity index (χ2n) is 8.90. The molecule has 34 heavy (non-hydrogen) atoms.